The van der Waals surface area contributed by atoms with E-state index in [1.807, 2.05) is 30.0 Å². The number of rotatable bonds is 2. The number of fused-ring (bicyclic) bond motifs is 1. The minimum atomic E-state index is -0.160. The van der Waals surface area contributed by atoms with Gasteiger partial charge < -0.3 is 10.2 Å². The third-order valence-corrected chi connectivity index (χ3v) is 4.44. The quantitative estimate of drug-likeness (QED) is 0.921. The van der Waals surface area contributed by atoms with Crippen LogP contribution in [0, 0.1) is 12.8 Å². The summed E-state index contributed by atoms with van der Waals surface area (Å²) in [5, 5.41) is 3.61. The molecule has 1 fully saturated rings. The van der Waals surface area contributed by atoms with Gasteiger partial charge in [-0.25, -0.2) is 0 Å². The Morgan fingerprint density at radius 1 is 1.29 bits per heavy atom. The van der Waals surface area contributed by atoms with E-state index in [1.165, 1.54) is 6.92 Å². The minimum absolute atomic E-state index is 0.0180. The molecule has 1 N–H and O–H groups in total. The number of likely N-dealkylation sites (tertiary alicyclic amines) is 1. The fourth-order valence-electron chi connectivity index (χ4n) is 3.33. The normalized spacial score (nSPS) is 17.8. The Kier molecular flexibility index (Phi) is 4.51. The number of carbonyl (C=O) groups excluding carboxylic acids is 2. The highest BCUT2D eigenvalue weighted by atomic mass is 16.2. The van der Waals surface area contributed by atoms with Gasteiger partial charge in [-0.3, -0.25) is 14.6 Å². The molecule has 1 atom stereocenters. The Morgan fingerprint density at radius 3 is 2.79 bits per heavy atom. The first kappa shape index (κ1) is 16.4. The van der Waals surface area contributed by atoms with Gasteiger partial charge in [-0.1, -0.05) is 13.0 Å². The molecule has 24 heavy (non-hydrogen) atoms. The summed E-state index contributed by atoms with van der Waals surface area (Å²) in [7, 11) is 0. The lowest BCUT2D eigenvalue weighted by Gasteiger charge is -2.31. The largest absolute Gasteiger partial charge is 0.338 e. The Hall–Kier alpha value is -2.43. The van der Waals surface area contributed by atoms with Gasteiger partial charge in [0.2, 0.25) is 5.91 Å². The van der Waals surface area contributed by atoms with Crippen LogP contribution >= 0.6 is 0 Å². The summed E-state index contributed by atoms with van der Waals surface area (Å²) in [5.41, 5.74) is 2.83. The molecule has 1 aliphatic rings. The topological polar surface area (TPSA) is 62.3 Å². The van der Waals surface area contributed by atoms with Crippen LogP contribution in [0.15, 0.2) is 24.3 Å². The average Bonchev–Trinajstić information content (AvgIpc) is 2.52. The van der Waals surface area contributed by atoms with Crippen LogP contribution in [-0.4, -0.2) is 34.8 Å². The van der Waals surface area contributed by atoms with Gasteiger partial charge in [0.1, 0.15) is 0 Å². The van der Waals surface area contributed by atoms with Crippen molar-refractivity contribution in [2.45, 2.75) is 33.6 Å². The van der Waals surface area contributed by atoms with Crippen LogP contribution in [0.1, 0.15) is 42.7 Å². The monoisotopic (exact) mass is 325 g/mol. The van der Waals surface area contributed by atoms with Crippen molar-refractivity contribution in [2.75, 3.05) is 18.4 Å². The first-order chi connectivity index (χ1) is 11.4. The van der Waals surface area contributed by atoms with E-state index in [0.717, 1.165) is 42.5 Å². The standard InChI is InChI=1S/C19H23N3O2/c1-12-5-4-8-22(11-12)19(24)17-9-15(21-14(3)23)10-18-16(17)7-6-13(2)20-18/h6-7,9-10,12H,4-5,8,11H2,1-3H3,(H,21,23). The number of anilines is 1. The maximum Gasteiger partial charge on any atom is 0.254 e. The number of piperidine rings is 1. The van der Waals surface area contributed by atoms with Crippen molar-refractivity contribution in [3.63, 3.8) is 0 Å². The van der Waals surface area contributed by atoms with Gasteiger partial charge in [0.15, 0.2) is 0 Å². The predicted octanol–water partition coefficient (Wildman–Crippen LogP) is 3.37. The summed E-state index contributed by atoms with van der Waals surface area (Å²) in [6.45, 7) is 7.12. The van der Waals surface area contributed by atoms with Crippen molar-refractivity contribution in [1.29, 1.82) is 0 Å². The molecule has 0 saturated carbocycles. The second kappa shape index (κ2) is 6.59. The number of hydrogen-bond donors (Lipinski definition) is 1. The second-order valence-electron chi connectivity index (χ2n) is 6.72. The number of amides is 2. The van der Waals surface area contributed by atoms with Crippen LogP contribution in [0.25, 0.3) is 10.9 Å². The molecule has 1 saturated heterocycles. The van der Waals surface area contributed by atoms with Crippen molar-refractivity contribution in [3.8, 4) is 0 Å². The second-order valence-corrected chi connectivity index (χ2v) is 6.72. The molecule has 0 radical (unpaired) electrons. The lowest BCUT2D eigenvalue weighted by Crippen LogP contribution is -2.39. The maximum absolute atomic E-state index is 13.1. The van der Waals surface area contributed by atoms with Crippen LogP contribution in [0.4, 0.5) is 5.69 Å². The summed E-state index contributed by atoms with van der Waals surface area (Å²) >= 11 is 0. The predicted molar refractivity (Wildman–Crippen MR) is 95.1 cm³/mol. The molecule has 126 valence electrons. The van der Waals surface area contributed by atoms with Gasteiger partial charge in [0.25, 0.3) is 5.91 Å². The van der Waals surface area contributed by atoms with Gasteiger partial charge in [-0.15, -0.1) is 0 Å². The van der Waals surface area contributed by atoms with E-state index < -0.39 is 0 Å². The number of nitrogens with one attached hydrogen (secondary N) is 1. The van der Waals surface area contributed by atoms with Crippen molar-refractivity contribution >= 4 is 28.4 Å². The number of aryl methyl sites for hydroxylation is 1. The summed E-state index contributed by atoms with van der Waals surface area (Å²) in [6.07, 6.45) is 2.20. The Bertz CT molecular complexity index is 801. The lowest BCUT2D eigenvalue weighted by atomic mass is 9.98. The zero-order valence-corrected chi connectivity index (χ0v) is 14.4. The van der Waals surface area contributed by atoms with Crippen LogP contribution in [0.5, 0.6) is 0 Å². The summed E-state index contributed by atoms with van der Waals surface area (Å²) in [5.74, 6) is 0.379. The highest BCUT2D eigenvalue weighted by Gasteiger charge is 2.24. The van der Waals surface area contributed by atoms with Gasteiger partial charge in [0, 0.05) is 36.8 Å². The number of benzene rings is 1. The van der Waals surface area contributed by atoms with Crippen LogP contribution in [0.2, 0.25) is 0 Å². The molecule has 0 aliphatic carbocycles. The fourth-order valence-corrected chi connectivity index (χ4v) is 3.33. The molecule has 2 aromatic rings. The van der Waals surface area contributed by atoms with Crippen LogP contribution in [0.3, 0.4) is 0 Å². The minimum Gasteiger partial charge on any atom is -0.338 e. The van der Waals surface area contributed by atoms with E-state index in [1.54, 1.807) is 6.07 Å². The van der Waals surface area contributed by atoms with Gasteiger partial charge >= 0.3 is 0 Å². The highest BCUT2D eigenvalue weighted by Crippen LogP contribution is 2.26. The Balaban J connectivity index is 2.07. The molecule has 3 rings (SSSR count). The molecule has 0 bridgehead atoms. The first-order valence-corrected chi connectivity index (χ1v) is 8.42. The van der Waals surface area contributed by atoms with Crippen molar-refractivity contribution in [1.82, 2.24) is 9.88 Å². The number of carbonyl (C=O) groups is 2. The molecule has 1 aromatic heterocycles. The summed E-state index contributed by atoms with van der Waals surface area (Å²) < 4.78 is 0. The number of nitrogens with zero attached hydrogens (tertiary/aromatic N) is 2. The van der Waals surface area contributed by atoms with E-state index in [9.17, 15) is 9.59 Å². The van der Waals surface area contributed by atoms with E-state index >= 15 is 0 Å². The van der Waals surface area contributed by atoms with E-state index in [-0.39, 0.29) is 11.8 Å². The number of aromatic nitrogens is 1. The fraction of sp³-hybridized carbons (Fsp3) is 0.421. The molecule has 2 amide bonds. The average molecular weight is 325 g/mol. The van der Waals surface area contributed by atoms with Gasteiger partial charge in [0.05, 0.1) is 11.1 Å². The van der Waals surface area contributed by atoms with Crippen molar-refractivity contribution < 1.29 is 9.59 Å². The SMILES string of the molecule is CC(=O)Nc1cc(C(=O)N2CCCC(C)C2)c2ccc(C)nc2c1. The summed E-state index contributed by atoms with van der Waals surface area (Å²) in [6, 6.07) is 7.44. The lowest BCUT2D eigenvalue weighted by molar-refractivity contribution is -0.114. The molecule has 5 heteroatoms. The third kappa shape index (κ3) is 3.40. The molecule has 2 heterocycles. The molecule has 1 aliphatic heterocycles. The number of hydrogen-bond acceptors (Lipinski definition) is 3. The highest BCUT2D eigenvalue weighted by molar-refractivity contribution is 6.08. The molecular weight excluding hydrogens is 302 g/mol. The molecule has 5 nitrogen and oxygen atoms in total. The van der Waals surface area contributed by atoms with Crippen LogP contribution < -0.4 is 5.32 Å². The van der Waals surface area contributed by atoms with Gasteiger partial charge in [-0.05, 0) is 43.9 Å². The first-order valence-electron chi connectivity index (χ1n) is 8.42. The zero-order chi connectivity index (χ0) is 17.3. The Labute approximate surface area is 142 Å². The molecule has 1 unspecified atom stereocenters. The zero-order valence-electron chi connectivity index (χ0n) is 14.4. The van der Waals surface area contributed by atoms with Crippen molar-refractivity contribution in [2.24, 2.45) is 5.92 Å². The van der Waals surface area contributed by atoms with E-state index in [0.29, 0.717) is 17.2 Å². The maximum atomic E-state index is 13.1. The smallest absolute Gasteiger partial charge is 0.254 e. The van der Waals surface area contributed by atoms with E-state index in [2.05, 4.69) is 17.2 Å². The summed E-state index contributed by atoms with van der Waals surface area (Å²) in [4.78, 5) is 30.9. The van der Waals surface area contributed by atoms with Crippen molar-refractivity contribution in [3.05, 3.63) is 35.5 Å². The van der Waals surface area contributed by atoms with Crippen LogP contribution in [-0.2, 0) is 4.79 Å². The van der Waals surface area contributed by atoms with E-state index in [4.69, 9.17) is 0 Å². The molecular formula is C19H23N3O2. The van der Waals surface area contributed by atoms with Gasteiger partial charge in [-0.2, -0.15) is 0 Å². The molecule has 1 aromatic carbocycles. The third-order valence-electron chi connectivity index (χ3n) is 4.44. The Morgan fingerprint density at radius 2 is 2.08 bits per heavy atom. The number of pyridine rings is 1. The molecule has 0 spiro atoms.